The summed E-state index contributed by atoms with van der Waals surface area (Å²) in [6.07, 6.45) is 0. The molecule has 1 aromatic carbocycles. The molecule has 20 heavy (non-hydrogen) atoms. The van der Waals surface area contributed by atoms with Crippen LogP contribution in [0.1, 0.15) is 41.4 Å². The Morgan fingerprint density at radius 1 is 0.750 bits per heavy atom. The molecule has 0 amide bonds. The Morgan fingerprint density at radius 3 is 1.30 bits per heavy atom. The standard InChI is InChI=1S/C12H8Cl2O6/c1-19-11(17)7-4-8(12(18)20-2)6(10(14)16)3-5(7)9(13)15/h3-4H,1-2H3. The van der Waals surface area contributed by atoms with Gasteiger partial charge in [-0.3, -0.25) is 9.59 Å². The first kappa shape index (κ1) is 16.1. The molecule has 0 atom stereocenters. The molecule has 106 valence electrons. The second kappa shape index (κ2) is 6.49. The number of benzene rings is 1. The molecule has 8 heteroatoms. The lowest BCUT2D eigenvalue weighted by molar-refractivity contribution is 0.0594. The van der Waals surface area contributed by atoms with Crippen molar-refractivity contribution >= 4 is 45.6 Å². The molecule has 0 saturated heterocycles. The monoisotopic (exact) mass is 318 g/mol. The molecule has 0 radical (unpaired) electrons. The minimum atomic E-state index is -0.999. The highest BCUT2D eigenvalue weighted by Crippen LogP contribution is 2.22. The summed E-state index contributed by atoms with van der Waals surface area (Å²) >= 11 is 10.7. The number of hydrogen-bond acceptors (Lipinski definition) is 6. The quantitative estimate of drug-likeness (QED) is 0.623. The van der Waals surface area contributed by atoms with Crippen LogP contribution in [0, 0.1) is 0 Å². The molecule has 0 heterocycles. The SMILES string of the molecule is COC(=O)c1cc(C(=O)OC)c(C(=O)Cl)cc1C(=O)Cl. The van der Waals surface area contributed by atoms with Crippen molar-refractivity contribution in [1.29, 1.82) is 0 Å². The van der Waals surface area contributed by atoms with Gasteiger partial charge < -0.3 is 9.47 Å². The molecule has 0 N–H and O–H groups in total. The van der Waals surface area contributed by atoms with Crippen LogP contribution in [0.5, 0.6) is 0 Å². The van der Waals surface area contributed by atoms with Gasteiger partial charge in [0.15, 0.2) is 0 Å². The smallest absolute Gasteiger partial charge is 0.338 e. The lowest BCUT2D eigenvalue weighted by Crippen LogP contribution is -2.15. The maximum atomic E-state index is 11.6. The van der Waals surface area contributed by atoms with Crippen molar-refractivity contribution in [3.8, 4) is 0 Å². The minimum absolute atomic E-state index is 0.269. The van der Waals surface area contributed by atoms with Gasteiger partial charge in [-0.15, -0.1) is 0 Å². The van der Waals surface area contributed by atoms with Crippen LogP contribution in [0.3, 0.4) is 0 Å². The number of carbonyl (C=O) groups excluding carboxylic acids is 4. The van der Waals surface area contributed by atoms with Gasteiger partial charge in [-0.25, -0.2) is 9.59 Å². The maximum Gasteiger partial charge on any atom is 0.338 e. The summed E-state index contributed by atoms with van der Waals surface area (Å²) in [5.41, 5.74) is -1.13. The largest absolute Gasteiger partial charge is 0.465 e. The van der Waals surface area contributed by atoms with Gasteiger partial charge in [0, 0.05) is 11.1 Å². The fourth-order valence-corrected chi connectivity index (χ4v) is 1.80. The summed E-state index contributed by atoms with van der Waals surface area (Å²) in [5, 5.41) is -2.00. The zero-order valence-corrected chi connectivity index (χ0v) is 11.9. The topological polar surface area (TPSA) is 86.7 Å². The number of esters is 2. The van der Waals surface area contributed by atoms with E-state index >= 15 is 0 Å². The van der Waals surface area contributed by atoms with E-state index in [1.807, 2.05) is 0 Å². The summed E-state index contributed by atoms with van der Waals surface area (Å²) in [6.45, 7) is 0. The first-order valence-corrected chi connectivity index (χ1v) is 5.83. The average molecular weight is 319 g/mol. The van der Waals surface area contributed by atoms with Crippen LogP contribution in [-0.2, 0) is 9.47 Å². The van der Waals surface area contributed by atoms with Crippen molar-refractivity contribution in [3.05, 3.63) is 34.4 Å². The number of ether oxygens (including phenoxy) is 2. The number of carbonyl (C=O) groups is 4. The Bertz CT molecular complexity index is 559. The van der Waals surface area contributed by atoms with Crippen LogP contribution in [-0.4, -0.2) is 36.6 Å². The van der Waals surface area contributed by atoms with Gasteiger partial charge in [-0.05, 0) is 35.3 Å². The normalized spacial score (nSPS) is 9.80. The second-order valence-electron chi connectivity index (χ2n) is 3.47. The summed E-state index contributed by atoms with van der Waals surface area (Å²) in [6, 6.07) is 1.92. The molecule has 1 rings (SSSR count). The van der Waals surface area contributed by atoms with Crippen LogP contribution >= 0.6 is 23.2 Å². The van der Waals surface area contributed by atoms with E-state index < -0.39 is 22.4 Å². The summed E-state index contributed by atoms with van der Waals surface area (Å²) in [7, 11) is 2.17. The van der Waals surface area contributed by atoms with E-state index in [0.717, 1.165) is 26.4 Å². The van der Waals surface area contributed by atoms with Crippen molar-refractivity contribution in [2.75, 3.05) is 14.2 Å². The van der Waals surface area contributed by atoms with Crippen molar-refractivity contribution in [2.45, 2.75) is 0 Å². The maximum absolute atomic E-state index is 11.6. The van der Waals surface area contributed by atoms with E-state index in [-0.39, 0.29) is 22.3 Å². The predicted molar refractivity (Wildman–Crippen MR) is 69.5 cm³/mol. The predicted octanol–water partition coefficient (Wildman–Crippen LogP) is 2.02. The van der Waals surface area contributed by atoms with Gasteiger partial charge >= 0.3 is 11.9 Å². The molecule has 0 aliphatic heterocycles. The summed E-state index contributed by atoms with van der Waals surface area (Å²) in [5.74, 6) is -1.79. The lowest BCUT2D eigenvalue weighted by Gasteiger charge is -2.10. The second-order valence-corrected chi connectivity index (χ2v) is 4.16. The number of methoxy groups -OCH3 is 2. The molecule has 0 aliphatic rings. The highest BCUT2D eigenvalue weighted by molar-refractivity contribution is 6.69. The van der Waals surface area contributed by atoms with Crippen LogP contribution in [0.15, 0.2) is 12.1 Å². The Morgan fingerprint density at radius 2 is 1.05 bits per heavy atom. The molecule has 0 aromatic heterocycles. The highest BCUT2D eigenvalue weighted by Gasteiger charge is 2.25. The van der Waals surface area contributed by atoms with E-state index in [1.54, 1.807) is 0 Å². The van der Waals surface area contributed by atoms with Gasteiger partial charge in [-0.2, -0.15) is 0 Å². The molecule has 0 spiro atoms. The molecule has 0 saturated carbocycles. The van der Waals surface area contributed by atoms with Gasteiger partial charge in [0.2, 0.25) is 0 Å². The van der Waals surface area contributed by atoms with E-state index in [9.17, 15) is 19.2 Å². The number of halogens is 2. The van der Waals surface area contributed by atoms with Gasteiger partial charge in [-0.1, -0.05) is 0 Å². The zero-order chi connectivity index (χ0) is 15.4. The fraction of sp³-hybridized carbons (Fsp3) is 0.167. The molecule has 6 nitrogen and oxygen atoms in total. The minimum Gasteiger partial charge on any atom is -0.465 e. The third kappa shape index (κ3) is 3.15. The number of hydrogen-bond donors (Lipinski definition) is 0. The molecule has 0 fully saturated rings. The van der Waals surface area contributed by atoms with Crippen LogP contribution in [0.2, 0.25) is 0 Å². The Hall–Kier alpha value is -1.92. The van der Waals surface area contributed by atoms with Crippen molar-refractivity contribution < 1.29 is 28.7 Å². The zero-order valence-electron chi connectivity index (χ0n) is 10.4. The Balaban J connectivity index is 3.68. The molecular weight excluding hydrogens is 311 g/mol. The van der Waals surface area contributed by atoms with Gasteiger partial charge in [0.25, 0.3) is 10.5 Å². The molecule has 0 aliphatic carbocycles. The van der Waals surface area contributed by atoms with Crippen LogP contribution < -0.4 is 0 Å². The first-order valence-electron chi connectivity index (χ1n) is 5.07. The van der Waals surface area contributed by atoms with E-state index in [0.29, 0.717) is 0 Å². The van der Waals surface area contributed by atoms with Crippen LogP contribution in [0.4, 0.5) is 0 Å². The highest BCUT2D eigenvalue weighted by atomic mass is 35.5. The van der Waals surface area contributed by atoms with E-state index in [1.165, 1.54) is 0 Å². The van der Waals surface area contributed by atoms with Gasteiger partial charge in [0.05, 0.1) is 25.3 Å². The van der Waals surface area contributed by atoms with Crippen LogP contribution in [0.25, 0.3) is 0 Å². The molecule has 0 unspecified atom stereocenters. The van der Waals surface area contributed by atoms with E-state index in [2.05, 4.69) is 9.47 Å². The average Bonchev–Trinajstić information content (AvgIpc) is 2.43. The molecule has 1 aromatic rings. The molecule has 0 bridgehead atoms. The van der Waals surface area contributed by atoms with Gasteiger partial charge in [0.1, 0.15) is 0 Å². The fourth-order valence-electron chi connectivity index (χ4n) is 1.48. The Labute approximate surface area is 123 Å². The van der Waals surface area contributed by atoms with E-state index in [4.69, 9.17) is 23.2 Å². The Kier molecular flexibility index (Phi) is 5.24. The van der Waals surface area contributed by atoms with Crippen molar-refractivity contribution in [3.63, 3.8) is 0 Å². The first-order chi connectivity index (χ1) is 9.33. The number of rotatable bonds is 4. The third-order valence-corrected chi connectivity index (χ3v) is 2.80. The van der Waals surface area contributed by atoms with Crippen molar-refractivity contribution in [2.24, 2.45) is 0 Å². The molecular formula is C12H8Cl2O6. The summed E-state index contributed by atoms with van der Waals surface area (Å²) < 4.78 is 8.95. The van der Waals surface area contributed by atoms with Crippen molar-refractivity contribution in [1.82, 2.24) is 0 Å². The lowest BCUT2D eigenvalue weighted by atomic mass is 9.99. The third-order valence-electron chi connectivity index (χ3n) is 2.39. The summed E-state index contributed by atoms with van der Waals surface area (Å²) in [4.78, 5) is 45.8.